The lowest BCUT2D eigenvalue weighted by Gasteiger charge is -2.22. The summed E-state index contributed by atoms with van der Waals surface area (Å²) in [4.78, 5) is 35.5. The molecule has 14 heteroatoms. The van der Waals surface area contributed by atoms with E-state index in [1.54, 1.807) is 6.07 Å². The van der Waals surface area contributed by atoms with Crippen LogP contribution in [0, 0.1) is 0 Å². The van der Waals surface area contributed by atoms with E-state index in [9.17, 15) is 22.8 Å². The van der Waals surface area contributed by atoms with Crippen molar-refractivity contribution in [2.75, 3.05) is 17.2 Å². The predicted octanol–water partition coefficient (Wildman–Crippen LogP) is 7.56. The van der Waals surface area contributed by atoms with Crippen LogP contribution in [-0.2, 0) is 4.79 Å². The molecule has 0 spiro atoms. The van der Waals surface area contributed by atoms with Crippen molar-refractivity contribution in [3.05, 3.63) is 89.2 Å². The molecule has 1 N–H and O–H groups in total. The summed E-state index contributed by atoms with van der Waals surface area (Å²) in [5.41, 5.74) is 3.65. The maximum absolute atomic E-state index is 12.8. The summed E-state index contributed by atoms with van der Waals surface area (Å²) in [5, 5.41) is 7.94. The Hall–Kier alpha value is -4.36. The molecule has 3 amide bonds. The minimum absolute atomic E-state index is 0.0591. The minimum Gasteiger partial charge on any atom is -0.406 e. The maximum Gasteiger partial charge on any atom is 0.573 e. The van der Waals surface area contributed by atoms with E-state index in [0.29, 0.717) is 28.8 Å². The zero-order chi connectivity index (χ0) is 32.3. The number of aromatic nitrogens is 3. The first-order chi connectivity index (χ1) is 21.4. The topological polar surface area (TPSA) is 102 Å². The number of rotatable bonds is 8. The molecule has 1 aliphatic heterocycles. The summed E-state index contributed by atoms with van der Waals surface area (Å²) < 4.78 is 42.6. The second kappa shape index (κ2) is 13.3. The van der Waals surface area contributed by atoms with Gasteiger partial charge < -0.3 is 10.1 Å². The highest BCUT2D eigenvalue weighted by Gasteiger charge is 2.34. The Morgan fingerprint density at radius 1 is 1.09 bits per heavy atom. The molecule has 4 aromatic rings. The van der Waals surface area contributed by atoms with Crippen molar-refractivity contribution in [1.82, 2.24) is 20.1 Å². The summed E-state index contributed by atoms with van der Waals surface area (Å²) in [5.74, 6) is 0.119. The fourth-order valence-electron chi connectivity index (χ4n) is 4.66. The van der Waals surface area contributed by atoms with Crippen molar-refractivity contribution in [3.63, 3.8) is 0 Å². The number of para-hydroxylation sites is 1. The number of aliphatic imine (C=N–C) groups is 1. The highest BCUT2D eigenvalue weighted by Crippen LogP contribution is 2.38. The van der Waals surface area contributed by atoms with Gasteiger partial charge in [-0.25, -0.2) is 14.5 Å². The van der Waals surface area contributed by atoms with Gasteiger partial charge in [0.05, 0.1) is 22.2 Å². The van der Waals surface area contributed by atoms with Crippen molar-refractivity contribution in [3.8, 4) is 22.8 Å². The number of benzene rings is 3. The standard InChI is InChI=1S/C31H28ClF3N6O3S/c1-18(2)24-5-4-6-25(32)27(24)41-26(42)16-45-30(41)38-29(43)36-15-19(3)20-7-9-21(10-8-20)28-37-17-40(39-28)22-11-13-23(14-12-22)44-31(33,34)35/h4-14,17-19H,15-16H2,1-3H3,(H,36,43). The number of nitrogens with zero attached hydrogens (tertiary/aromatic N) is 5. The number of ether oxygens (including phenoxy) is 1. The third-order valence-corrected chi connectivity index (χ3v) is 8.18. The average molecular weight is 657 g/mol. The largest absolute Gasteiger partial charge is 0.573 e. The Kier molecular flexibility index (Phi) is 9.49. The van der Waals surface area contributed by atoms with Crippen molar-refractivity contribution in [1.29, 1.82) is 0 Å². The molecule has 0 saturated carbocycles. The molecular weight excluding hydrogens is 629 g/mol. The van der Waals surface area contributed by atoms with Crippen LogP contribution < -0.4 is 15.0 Å². The molecule has 234 valence electrons. The van der Waals surface area contributed by atoms with Crippen molar-refractivity contribution in [2.45, 2.75) is 39.0 Å². The smallest absolute Gasteiger partial charge is 0.406 e. The molecule has 1 atom stereocenters. The molecule has 5 rings (SSSR count). The number of nitrogens with one attached hydrogen (secondary N) is 1. The quantitative estimate of drug-likeness (QED) is 0.210. The van der Waals surface area contributed by atoms with Gasteiger partial charge in [0.25, 0.3) is 0 Å². The van der Waals surface area contributed by atoms with Crippen LogP contribution in [0.1, 0.15) is 43.7 Å². The summed E-state index contributed by atoms with van der Waals surface area (Å²) in [6, 6.07) is 17.7. The maximum atomic E-state index is 12.8. The van der Waals surface area contributed by atoms with E-state index < -0.39 is 12.4 Å². The van der Waals surface area contributed by atoms with Gasteiger partial charge in [0, 0.05) is 12.1 Å². The van der Waals surface area contributed by atoms with Crippen LogP contribution in [0.2, 0.25) is 5.02 Å². The molecular formula is C31H28ClF3N6O3S. The van der Waals surface area contributed by atoms with Gasteiger partial charge in [0.2, 0.25) is 5.91 Å². The second-order valence-corrected chi connectivity index (χ2v) is 11.9. The van der Waals surface area contributed by atoms with Gasteiger partial charge in [0.1, 0.15) is 12.1 Å². The van der Waals surface area contributed by atoms with Gasteiger partial charge in [0.15, 0.2) is 11.0 Å². The minimum atomic E-state index is -4.76. The van der Waals surface area contributed by atoms with Crippen LogP contribution in [0.15, 0.2) is 78.0 Å². The van der Waals surface area contributed by atoms with Gasteiger partial charge in [-0.1, -0.05) is 80.5 Å². The van der Waals surface area contributed by atoms with Crippen LogP contribution >= 0.6 is 23.4 Å². The van der Waals surface area contributed by atoms with E-state index in [0.717, 1.165) is 16.7 Å². The van der Waals surface area contributed by atoms with Gasteiger partial charge in [-0.2, -0.15) is 4.99 Å². The Labute approximate surface area is 266 Å². The van der Waals surface area contributed by atoms with Crippen molar-refractivity contribution < 1.29 is 27.5 Å². The molecule has 1 aromatic heterocycles. The third-order valence-electron chi connectivity index (χ3n) is 6.95. The van der Waals surface area contributed by atoms with Crippen LogP contribution in [0.3, 0.4) is 0 Å². The van der Waals surface area contributed by atoms with Crippen LogP contribution in [0.25, 0.3) is 17.1 Å². The Bertz CT molecular complexity index is 1730. The predicted molar refractivity (Wildman–Crippen MR) is 168 cm³/mol. The molecule has 1 saturated heterocycles. The lowest BCUT2D eigenvalue weighted by atomic mass is 10.00. The van der Waals surface area contributed by atoms with Crippen molar-refractivity contribution >= 4 is 46.2 Å². The number of carbonyl (C=O) groups is 2. The molecule has 1 aliphatic rings. The monoisotopic (exact) mass is 656 g/mol. The third kappa shape index (κ3) is 7.66. The van der Waals surface area contributed by atoms with Gasteiger partial charge >= 0.3 is 12.4 Å². The number of thioether (sulfide) groups is 1. The highest BCUT2D eigenvalue weighted by molar-refractivity contribution is 8.15. The van der Waals surface area contributed by atoms with E-state index in [4.69, 9.17) is 11.6 Å². The summed E-state index contributed by atoms with van der Waals surface area (Å²) in [6.07, 6.45) is -3.30. The fraction of sp³-hybridized carbons (Fsp3) is 0.258. The normalized spacial score (nSPS) is 15.2. The summed E-state index contributed by atoms with van der Waals surface area (Å²) >= 11 is 7.68. The van der Waals surface area contributed by atoms with Crippen LogP contribution in [0.4, 0.5) is 23.7 Å². The summed E-state index contributed by atoms with van der Waals surface area (Å²) in [7, 11) is 0. The molecule has 3 aromatic carbocycles. The first-order valence-electron chi connectivity index (χ1n) is 13.9. The molecule has 45 heavy (non-hydrogen) atoms. The zero-order valence-corrected chi connectivity index (χ0v) is 26.0. The molecule has 0 aliphatic carbocycles. The number of amides is 3. The van der Waals surface area contributed by atoms with Crippen molar-refractivity contribution in [2.24, 2.45) is 4.99 Å². The number of anilines is 1. The number of hydrogen-bond acceptors (Lipinski definition) is 6. The Morgan fingerprint density at radius 2 is 1.80 bits per heavy atom. The number of alkyl halides is 3. The number of amidine groups is 1. The van der Waals surface area contributed by atoms with E-state index in [1.165, 1.54) is 51.9 Å². The van der Waals surface area contributed by atoms with E-state index in [-0.39, 0.29) is 34.4 Å². The van der Waals surface area contributed by atoms with Crippen LogP contribution in [0.5, 0.6) is 5.75 Å². The molecule has 1 unspecified atom stereocenters. The van der Waals surface area contributed by atoms with Gasteiger partial charge in [-0.3, -0.25) is 9.69 Å². The Morgan fingerprint density at radius 3 is 2.47 bits per heavy atom. The fourth-order valence-corrected chi connectivity index (χ4v) is 5.78. The molecule has 1 fully saturated rings. The number of hydrogen-bond donors (Lipinski definition) is 1. The molecule has 0 radical (unpaired) electrons. The lowest BCUT2D eigenvalue weighted by Crippen LogP contribution is -2.33. The van der Waals surface area contributed by atoms with E-state index >= 15 is 0 Å². The average Bonchev–Trinajstić information content (AvgIpc) is 3.62. The summed E-state index contributed by atoms with van der Waals surface area (Å²) in [6.45, 7) is 6.27. The van der Waals surface area contributed by atoms with E-state index in [2.05, 4.69) is 25.1 Å². The highest BCUT2D eigenvalue weighted by atomic mass is 35.5. The SMILES string of the molecule is CC(C)c1cccc(Cl)c1N1C(=O)CSC1=NC(=O)NCC(C)c1ccc(-c2ncn(-c3ccc(OC(F)(F)F)cc3)n2)cc1. The Balaban J connectivity index is 1.21. The first-order valence-corrected chi connectivity index (χ1v) is 15.2. The number of urea groups is 1. The second-order valence-electron chi connectivity index (χ2n) is 10.5. The van der Waals surface area contributed by atoms with Gasteiger partial charge in [-0.15, -0.1) is 18.3 Å². The van der Waals surface area contributed by atoms with Crippen LogP contribution in [-0.4, -0.2) is 50.5 Å². The number of carbonyl (C=O) groups excluding carboxylic acids is 2. The van der Waals surface area contributed by atoms with E-state index in [1.807, 2.05) is 57.2 Å². The molecule has 9 nitrogen and oxygen atoms in total. The van der Waals surface area contributed by atoms with Gasteiger partial charge in [-0.05, 0) is 53.3 Å². The molecule has 0 bridgehead atoms. The number of halogens is 4. The lowest BCUT2D eigenvalue weighted by molar-refractivity contribution is -0.274. The molecule has 2 heterocycles. The zero-order valence-electron chi connectivity index (χ0n) is 24.4. The first kappa shape index (κ1) is 32.0.